The summed E-state index contributed by atoms with van der Waals surface area (Å²) in [5.41, 5.74) is 5.99. The predicted molar refractivity (Wildman–Crippen MR) is 160 cm³/mol. The van der Waals surface area contributed by atoms with Gasteiger partial charge in [-0.2, -0.15) is 4.98 Å². The molecule has 3 rings (SSSR count). The number of hydrogen-bond acceptors (Lipinski definition) is 13. The Bertz CT molecular complexity index is 1790. The van der Waals surface area contributed by atoms with Gasteiger partial charge < -0.3 is 47.4 Å². The molecule has 0 aliphatic heterocycles. The van der Waals surface area contributed by atoms with E-state index in [0.717, 1.165) is 0 Å². The van der Waals surface area contributed by atoms with Crippen molar-refractivity contribution in [2.75, 3.05) is 11.1 Å². The number of benzene rings is 1. The Balaban J connectivity index is 1.56. The number of carboxylic acid groups (broad SMARTS) is 4. The van der Waals surface area contributed by atoms with Gasteiger partial charge in [0.25, 0.3) is 11.5 Å². The Kier molecular flexibility index (Phi) is 12.0. The van der Waals surface area contributed by atoms with Gasteiger partial charge in [-0.15, -0.1) is 0 Å². The number of nitrogen functional groups attached to an aromatic ring is 1. The van der Waals surface area contributed by atoms with Crippen molar-refractivity contribution in [3.05, 3.63) is 52.1 Å². The first-order chi connectivity index (χ1) is 22.6. The minimum Gasteiger partial charge on any atom is -0.481 e. The average molecular weight is 672 g/mol. The molecular formula is C27H29N9O12. The van der Waals surface area contributed by atoms with Crippen LogP contribution in [-0.2, 0) is 35.3 Å². The second-order valence-electron chi connectivity index (χ2n) is 10.0. The van der Waals surface area contributed by atoms with E-state index in [1.165, 1.54) is 30.5 Å². The molecule has 3 aromatic rings. The number of aromatic nitrogens is 4. The van der Waals surface area contributed by atoms with Crippen molar-refractivity contribution in [3.8, 4) is 0 Å². The zero-order valence-corrected chi connectivity index (χ0v) is 24.6. The van der Waals surface area contributed by atoms with Gasteiger partial charge in [-0.1, -0.05) is 0 Å². The number of fused-ring (bicyclic) bond motifs is 1. The van der Waals surface area contributed by atoms with Crippen LogP contribution in [0.5, 0.6) is 0 Å². The lowest BCUT2D eigenvalue weighted by atomic mass is 10.1. The molecule has 0 spiro atoms. The predicted octanol–water partition coefficient (Wildman–Crippen LogP) is -2.13. The SMILES string of the molecule is Nc1nc2ncc(CNc3ccc(C(=O)NC(CCC(=O)NC(CC(=O)O)C(=O)N[C@H](CC(=O)O)C(=O)O)C(=O)O)cc3)nc2c(=O)[nH]1. The zero-order valence-electron chi connectivity index (χ0n) is 24.6. The minimum absolute atomic E-state index is 0.00609. The number of nitrogens with one attached hydrogen (secondary N) is 5. The molecule has 21 heteroatoms. The fourth-order valence-electron chi connectivity index (χ4n) is 4.06. The van der Waals surface area contributed by atoms with Gasteiger partial charge in [0, 0.05) is 17.7 Å². The van der Waals surface area contributed by atoms with Crippen LogP contribution in [0.3, 0.4) is 0 Å². The smallest absolute Gasteiger partial charge is 0.326 e. The molecule has 0 aliphatic carbocycles. The van der Waals surface area contributed by atoms with E-state index >= 15 is 0 Å². The Labute approximate surface area is 268 Å². The lowest BCUT2D eigenvalue weighted by Gasteiger charge is -2.20. The molecule has 0 bridgehead atoms. The summed E-state index contributed by atoms with van der Waals surface area (Å²) in [5, 5.41) is 45.7. The van der Waals surface area contributed by atoms with Gasteiger partial charge in [0.2, 0.25) is 17.8 Å². The first-order valence-corrected chi connectivity index (χ1v) is 13.8. The van der Waals surface area contributed by atoms with Gasteiger partial charge in [0.05, 0.1) is 31.3 Å². The average Bonchev–Trinajstić information content (AvgIpc) is 3.00. The van der Waals surface area contributed by atoms with Gasteiger partial charge in [-0.05, 0) is 30.7 Å². The van der Waals surface area contributed by atoms with E-state index in [9.17, 15) is 43.5 Å². The molecule has 11 N–H and O–H groups in total. The first kappa shape index (κ1) is 35.8. The van der Waals surface area contributed by atoms with E-state index in [1.807, 2.05) is 5.32 Å². The highest BCUT2D eigenvalue weighted by atomic mass is 16.4. The zero-order chi connectivity index (χ0) is 35.5. The molecule has 254 valence electrons. The van der Waals surface area contributed by atoms with Crippen molar-refractivity contribution in [1.82, 2.24) is 35.9 Å². The summed E-state index contributed by atoms with van der Waals surface area (Å²) < 4.78 is 0. The van der Waals surface area contributed by atoms with Crippen molar-refractivity contribution >= 4 is 64.4 Å². The fraction of sp³-hybridized carbons (Fsp3) is 0.296. The maximum atomic E-state index is 12.7. The molecule has 2 unspecified atom stereocenters. The first-order valence-electron chi connectivity index (χ1n) is 13.8. The number of aromatic amines is 1. The molecule has 0 radical (unpaired) electrons. The summed E-state index contributed by atoms with van der Waals surface area (Å²) in [6.45, 7) is 0.138. The summed E-state index contributed by atoms with van der Waals surface area (Å²) in [4.78, 5) is 109. The third-order valence-electron chi connectivity index (χ3n) is 6.39. The summed E-state index contributed by atoms with van der Waals surface area (Å²) in [7, 11) is 0. The second kappa shape index (κ2) is 16.1. The van der Waals surface area contributed by atoms with Gasteiger partial charge in [0.15, 0.2) is 11.2 Å². The highest BCUT2D eigenvalue weighted by Crippen LogP contribution is 2.12. The highest BCUT2D eigenvalue weighted by molar-refractivity contribution is 5.97. The number of nitrogens with zero attached hydrogens (tertiary/aromatic N) is 3. The molecule has 3 amide bonds. The molecule has 21 nitrogen and oxygen atoms in total. The molecule has 2 aromatic heterocycles. The van der Waals surface area contributed by atoms with Crippen molar-refractivity contribution in [2.45, 2.75) is 50.4 Å². The van der Waals surface area contributed by atoms with E-state index in [2.05, 4.69) is 35.9 Å². The minimum atomic E-state index is -1.91. The molecule has 0 saturated heterocycles. The number of anilines is 2. The van der Waals surface area contributed by atoms with Crippen molar-refractivity contribution < 1.29 is 54.0 Å². The van der Waals surface area contributed by atoms with Crippen LogP contribution in [0, 0.1) is 0 Å². The van der Waals surface area contributed by atoms with Crippen LogP contribution in [0.1, 0.15) is 41.7 Å². The highest BCUT2D eigenvalue weighted by Gasteiger charge is 2.30. The third kappa shape index (κ3) is 10.5. The maximum absolute atomic E-state index is 12.7. The number of aliphatic carboxylic acids is 4. The summed E-state index contributed by atoms with van der Waals surface area (Å²) in [6.07, 6.45) is -1.71. The van der Waals surface area contributed by atoms with Gasteiger partial charge in [-0.25, -0.2) is 19.6 Å². The maximum Gasteiger partial charge on any atom is 0.326 e. The van der Waals surface area contributed by atoms with Crippen LogP contribution < -0.4 is 32.6 Å². The third-order valence-corrected chi connectivity index (χ3v) is 6.39. The normalized spacial score (nSPS) is 12.6. The van der Waals surface area contributed by atoms with E-state index in [-0.39, 0.29) is 29.2 Å². The molecule has 0 saturated carbocycles. The molecule has 0 aliphatic rings. The molecular weight excluding hydrogens is 642 g/mol. The van der Waals surface area contributed by atoms with Crippen molar-refractivity contribution in [2.24, 2.45) is 0 Å². The number of rotatable bonds is 17. The van der Waals surface area contributed by atoms with E-state index in [0.29, 0.717) is 11.4 Å². The number of carboxylic acids is 4. The Morgan fingerprint density at radius 1 is 0.812 bits per heavy atom. The van der Waals surface area contributed by atoms with Crippen molar-refractivity contribution in [3.63, 3.8) is 0 Å². The van der Waals surface area contributed by atoms with Crippen LogP contribution in [0.25, 0.3) is 11.2 Å². The molecule has 2 heterocycles. The monoisotopic (exact) mass is 671 g/mol. The Morgan fingerprint density at radius 2 is 1.44 bits per heavy atom. The van der Waals surface area contributed by atoms with E-state index in [1.54, 1.807) is 0 Å². The summed E-state index contributed by atoms with van der Waals surface area (Å²) >= 11 is 0. The lowest BCUT2D eigenvalue weighted by Crippen LogP contribution is -2.53. The van der Waals surface area contributed by atoms with E-state index in [4.69, 9.17) is 21.1 Å². The van der Waals surface area contributed by atoms with Crippen LogP contribution in [-0.4, -0.2) is 100 Å². The number of carbonyl (C=O) groups is 7. The number of H-pyrrole nitrogens is 1. The standard InChI is InChI=1S/C27H29N9O12/c28-27-35-21-20(24(44)36-27)31-13(10-30-21)9-29-12-3-1-11(2-4-12)22(42)33-14(25(45)46)5-6-17(37)32-15(7-18(38)39)23(43)34-16(26(47)48)8-19(40)41/h1-4,10,14-16,29H,5-9H2,(H,32,37)(H,33,42)(H,34,43)(H,38,39)(H,40,41)(H,45,46)(H,47,48)(H3,28,30,35,36,44)/t14?,15?,16-/m1/s1. The van der Waals surface area contributed by atoms with Crippen LogP contribution in [0.2, 0.25) is 0 Å². The van der Waals surface area contributed by atoms with Crippen LogP contribution in [0.15, 0.2) is 35.3 Å². The van der Waals surface area contributed by atoms with E-state index < -0.39 is 91.0 Å². The van der Waals surface area contributed by atoms with Crippen LogP contribution >= 0.6 is 0 Å². The second-order valence-corrected chi connectivity index (χ2v) is 10.0. The Hall–Kier alpha value is -6.67. The molecule has 1 aromatic carbocycles. The summed E-state index contributed by atoms with van der Waals surface area (Å²) in [5.74, 6) is -9.52. The number of carbonyl (C=O) groups excluding carboxylic acids is 3. The molecule has 48 heavy (non-hydrogen) atoms. The fourth-order valence-corrected chi connectivity index (χ4v) is 4.06. The van der Waals surface area contributed by atoms with Gasteiger partial charge in [0.1, 0.15) is 18.1 Å². The van der Waals surface area contributed by atoms with Crippen molar-refractivity contribution in [1.29, 1.82) is 0 Å². The number of nitrogens with two attached hydrogens (primary N) is 1. The number of amides is 3. The molecule has 3 atom stereocenters. The van der Waals surface area contributed by atoms with Crippen LogP contribution in [0.4, 0.5) is 11.6 Å². The topological polar surface area (TPSA) is 346 Å². The quantitative estimate of drug-likeness (QED) is 0.0732. The number of hydrogen-bond donors (Lipinski definition) is 10. The van der Waals surface area contributed by atoms with Gasteiger partial charge >= 0.3 is 23.9 Å². The Morgan fingerprint density at radius 3 is 2.04 bits per heavy atom. The molecule has 0 fully saturated rings. The largest absolute Gasteiger partial charge is 0.481 e. The lowest BCUT2D eigenvalue weighted by molar-refractivity contribution is -0.148. The van der Waals surface area contributed by atoms with Gasteiger partial charge in [-0.3, -0.25) is 33.8 Å². The summed E-state index contributed by atoms with van der Waals surface area (Å²) in [6, 6.07) is 0.487.